The van der Waals surface area contributed by atoms with Crippen LogP contribution in [0.15, 0.2) is 12.1 Å². The molecule has 0 nitrogen and oxygen atoms in total. The van der Waals surface area contributed by atoms with Gasteiger partial charge in [-0.3, -0.25) is 0 Å². The molecule has 0 atom stereocenters. The highest BCUT2D eigenvalue weighted by Gasteiger charge is 2.08. The minimum Gasteiger partial charge on any atom is -0.115 e. The van der Waals surface area contributed by atoms with Crippen LogP contribution in [0.1, 0.15) is 113 Å². The topological polar surface area (TPSA) is 0 Å². The van der Waals surface area contributed by atoms with Crippen LogP contribution in [0.25, 0.3) is 0 Å². The summed E-state index contributed by atoms with van der Waals surface area (Å²) < 4.78 is 0. The smallest absolute Gasteiger partial charge is 0.0278 e. The van der Waals surface area contributed by atoms with Gasteiger partial charge in [0.1, 0.15) is 0 Å². The van der Waals surface area contributed by atoms with Crippen LogP contribution in [0, 0.1) is 24.7 Å². The summed E-state index contributed by atoms with van der Waals surface area (Å²) in [5.74, 6) is 5.80. The molecule has 1 rings (SSSR count). The normalized spacial score (nSPS) is 10.5. The van der Waals surface area contributed by atoms with E-state index in [1.54, 1.807) is 0 Å². The fraction of sp³-hybridized carbons (Fsp3) is 0.615. The minimum atomic E-state index is 1.05. The van der Waals surface area contributed by atoms with Crippen LogP contribution in [-0.4, -0.2) is 0 Å². The third-order valence-electron chi connectivity index (χ3n) is 5.24. The van der Waals surface area contributed by atoms with Gasteiger partial charge in [-0.1, -0.05) is 89.9 Å². The van der Waals surface area contributed by atoms with Crippen molar-refractivity contribution < 1.29 is 0 Å². The molecular weight excluding hydrogens is 312 g/mol. The second-order valence-electron chi connectivity index (χ2n) is 7.49. The van der Waals surface area contributed by atoms with E-state index in [1.807, 2.05) is 0 Å². The molecule has 0 radical (unpaired) electrons. The molecule has 0 aromatic heterocycles. The molecule has 1 aromatic rings. The van der Waals surface area contributed by atoms with Gasteiger partial charge in [0.2, 0.25) is 0 Å². The van der Waals surface area contributed by atoms with Crippen LogP contribution in [0.2, 0.25) is 0 Å². The zero-order valence-electron chi connectivity index (χ0n) is 17.2. The van der Waals surface area contributed by atoms with Crippen molar-refractivity contribution in [2.45, 2.75) is 104 Å². The average molecular weight is 351 g/mol. The Hall–Kier alpha value is -1.66. The third-order valence-corrected chi connectivity index (χ3v) is 5.24. The van der Waals surface area contributed by atoms with E-state index in [-0.39, 0.29) is 0 Å². The molecule has 0 aliphatic heterocycles. The first-order valence-corrected chi connectivity index (χ1v) is 10.9. The summed E-state index contributed by atoms with van der Waals surface area (Å²) in [5, 5.41) is 0. The fourth-order valence-electron chi connectivity index (χ4n) is 3.56. The van der Waals surface area contributed by atoms with E-state index in [4.69, 9.17) is 12.8 Å². The molecule has 0 fully saturated rings. The molecule has 0 aliphatic carbocycles. The lowest BCUT2D eigenvalue weighted by molar-refractivity contribution is 0.605. The van der Waals surface area contributed by atoms with Crippen molar-refractivity contribution in [3.8, 4) is 24.7 Å². The molecular formula is C26H38. The molecule has 26 heavy (non-hydrogen) atoms. The number of rotatable bonds is 14. The lowest BCUT2D eigenvalue weighted by atomic mass is 9.92. The van der Waals surface area contributed by atoms with Crippen molar-refractivity contribution in [3.63, 3.8) is 0 Å². The Morgan fingerprint density at radius 2 is 0.923 bits per heavy atom. The molecule has 0 N–H and O–H groups in total. The van der Waals surface area contributed by atoms with Crippen molar-refractivity contribution >= 4 is 0 Å². The van der Waals surface area contributed by atoms with Gasteiger partial charge >= 0.3 is 0 Å². The van der Waals surface area contributed by atoms with E-state index in [2.05, 4.69) is 37.8 Å². The van der Waals surface area contributed by atoms with Crippen molar-refractivity contribution in [3.05, 3.63) is 34.4 Å². The Kier molecular flexibility index (Phi) is 12.5. The van der Waals surface area contributed by atoms with Crippen LogP contribution >= 0.6 is 0 Å². The molecule has 0 heterocycles. The van der Waals surface area contributed by atoms with Gasteiger partial charge in [-0.15, -0.1) is 12.8 Å². The van der Waals surface area contributed by atoms with E-state index in [9.17, 15) is 0 Å². The quantitative estimate of drug-likeness (QED) is 0.241. The van der Waals surface area contributed by atoms with Crippen molar-refractivity contribution in [1.82, 2.24) is 0 Å². The molecule has 0 unspecified atom stereocenters. The van der Waals surface area contributed by atoms with Crippen LogP contribution in [0.3, 0.4) is 0 Å². The Labute approximate surface area is 163 Å². The summed E-state index contributed by atoms with van der Waals surface area (Å²) in [6.07, 6.45) is 29.3. The van der Waals surface area contributed by atoms with Gasteiger partial charge in [0, 0.05) is 11.1 Å². The van der Waals surface area contributed by atoms with Gasteiger partial charge in [0.05, 0.1) is 0 Å². The largest absolute Gasteiger partial charge is 0.115 e. The number of benzene rings is 1. The van der Waals surface area contributed by atoms with E-state index in [1.165, 1.54) is 88.2 Å². The number of terminal acetylenes is 2. The molecule has 0 bridgehead atoms. The van der Waals surface area contributed by atoms with Crippen LogP contribution in [0.5, 0.6) is 0 Å². The SMILES string of the molecule is C#Cc1cc(CCCCCCCC)c(C#C)cc1CCCCCCCC. The van der Waals surface area contributed by atoms with E-state index >= 15 is 0 Å². The molecule has 0 saturated carbocycles. The van der Waals surface area contributed by atoms with Gasteiger partial charge in [-0.2, -0.15) is 0 Å². The Morgan fingerprint density at radius 3 is 1.27 bits per heavy atom. The second kappa shape index (κ2) is 14.5. The molecule has 142 valence electrons. The molecule has 0 aliphatic rings. The Morgan fingerprint density at radius 1 is 0.577 bits per heavy atom. The summed E-state index contributed by atoms with van der Waals surface area (Å²) in [5.41, 5.74) is 4.64. The highest BCUT2D eigenvalue weighted by Crippen LogP contribution is 2.21. The average Bonchev–Trinajstić information content (AvgIpc) is 2.67. The Balaban J connectivity index is 2.57. The van der Waals surface area contributed by atoms with Gasteiger partial charge in [-0.05, 0) is 48.9 Å². The lowest BCUT2D eigenvalue weighted by Crippen LogP contribution is -1.99. The number of aryl methyl sites for hydroxylation is 2. The van der Waals surface area contributed by atoms with Crippen LogP contribution in [0.4, 0.5) is 0 Å². The second-order valence-corrected chi connectivity index (χ2v) is 7.49. The van der Waals surface area contributed by atoms with Gasteiger partial charge in [0.25, 0.3) is 0 Å². The standard InChI is InChI=1S/C26H38/c1-5-9-11-13-15-17-19-25-21-24(8-4)26(22-23(25)7-3)20-18-16-14-12-10-6-2/h3-4,21-22H,5-6,9-20H2,1-2H3. The summed E-state index contributed by atoms with van der Waals surface area (Å²) in [7, 11) is 0. The maximum Gasteiger partial charge on any atom is 0.0278 e. The molecule has 0 heteroatoms. The van der Waals surface area contributed by atoms with E-state index in [0.717, 1.165) is 24.0 Å². The fourth-order valence-corrected chi connectivity index (χ4v) is 3.56. The number of hydrogen-bond acceptors (Lipinski definition) is 0. The van der Waals surface area contributed by atoms with Crippen LogP contribution in [-0.2, 0) is 12.8 Å². The summed E-state index contributed by atoms with van der Waals surface area (Å²) in [4.78, 5) is 0. The van der Waals surface area contributed by atoms with Crippen molar-refractivity contribution in [2.75, 3.05) is 0 Å². The monoisotopic (exact) mass is 350 g/mol. The zero-order valence-corrected chi connectivity index (χ0v) is 17.2. The van der Waals surface area contributed by atoms with E-state index < -0.39 is 0 Å². The molecule has 0 spiro atoms. The van der Waals surface area contributed by atoms with Gasteiger partial charge in [-0.25, -0.2) is 0 Å². The highest BCUT2D eigenvalue weighted by molar-refractivity contribution is 5.51. The predicted octanol–water partition coefficient (Wildman–Crippen LogP) is 7.46. The highest BCUT2D eigenvalue weighted by atomic mass is 14.1. The van der Waals surface area contributed by atoms with E-state index in [0.29, 0.717) is 0 Å². The number of hydrogen-bond donors (Lipinski definition) is 0. The first-order valence-electron chi connectivity index (χ1n) is 10.9. The minimum absolute atomic E-state index is 1.05. The maximum atomic E-state index is 5.79. The first kappa shape index (κ1) is 22.4. The Bertz CT molecular complexity index is 526. The third kappa shape index (κ3) is 8.63. The summed E-state index contributed by atoms with van der Waals surface area (Å²) in [6.45, 7) is 4.51. The summed E-state index contributed by atoms with van der Waals surface area (Å²) >= 11 is 0. The first-order chi connectivity index (χ1) is 12.8. The molecule has 0 saturated heterocycles. The van der Waals surface area contributed by atoms with Gasteiger partial charge in [0.15, 0.2) is 0 Å². The van der Waals surface area contributed by atoms with Crippen molar-refractivity contribution in [1.29, 1.82) is 0 Å². The van der Waals surface area contributed by atoms with Gasteiger partial charge < -0.3 is 0 Å². The van der Waals surface area contributed by atoms with Crippen molar-refractivity contribution in [2.24, 2.45) is 0 Å². The lowest BCUT2D eigenvalue weighted by Gasteiger charge is -2.11. The predicted molar refractivity (Wildman–Crippen MR) is 116 cm³/mol. The molecule has 1 aromatic carbocycles. The summed E-state index contributed by atoms with van der Waals surface area (Å²) in [6, 6.07) is 4.38. The van der Waals surface area contributed by atoms with Crippen LogP contribution < -0.4 is 0 Å². The maximum absolute atomic E-state index is 5.79. The number of unbranched alkanes of at least 4 members (excludes halogenated alkanes) is 10. The molecule has 0 amide bonds. The zero-order chi connectivity index (χ0) is 19.0.